The number of hydrogen-bond donors (Lipinski definition) is 1. The number of thiazole rings is 1. The van der Waals surface area contributed by atoms with Crippen LogP contribution in [0.15, 0.2) is 41.3 Å². The molecule has 0 bridgehead atoms. The number of aromatic nitrogens is 1. The van der Waals surface area contributed by atoms with Crippen molar-refractivity contribution in [3.8, 4) is 0 Å². The van der Waals surface area contributed by atoms with E-state index in [0.717, 1.165) is 25.1 Å². The minimum atomic E-state index is -3.63. The molecule has 0 saturated carbocycles. The molecule has 0 saturated heterocycles. The SMILES string of the molecule is Cc1cc(C(=O)NCc2nc3ccccc3s2)cc(S(=O)(=O)N(C)C)c1C. The summed E-state index contributed by atoms with van der Waals surface area (Å²) < 4.78 is 27.3. The fraction of sp³-hybridized carbons (Fsp3) is 0.263. The molecule has 3 aromatic rings. The van der Waals surface area contributed by atoms with Gasteiger partial charge in [0.1, 0.15) is 5.01 Å². The Labute approximate surface area is 162 Å². The average molecular weight is 404 g/mol. The van der Waals surface area contributed by atoms with Crippen molar-refractivity contribution < 1.29 is 13.2 Å². The molecule has 27 heavy (non-hydrogen) atoms. The first kappa shape index (κ1) is 19.5. The van der Waals surface area contributed by atoms with E-state index in [1.54, 1.807) is 19.9 Å². The number of amides is 1. The van der Waals surface area contributed by atoms with Gasteiger partial charge in [0.15, 0.2) is 0 Å². The molecule has 1 amide bonds. The van der Waals surface area contributed by atoms with Gasteiger partial charge in [-0.15, -0.1) is 11.3 Å². The zero-order chi connectivity index (χ0) is 19.8. The quantitative estimate of drug-likeness (QED) is 0.710. The maximum Gasteiger partial charge on any atom is 0.251 e. The number of rotatable bonds is 5. The minimum Gasteiger partial charge on any atom is -0.346 e. The van der Waals surface area contributed by atoms with Crippen LogP contribution in [0.3, 0.4) is 0 Å². The van der Waals surface area contributed by atoms with E-state index in [1.165, 1.54) is 31.5 Å². The van der Waals surface area contributed by atoms with E-state index in [9.17, 15) is 13.2 Å². The Hall–Kier alpha value is -2.29. The summed E-state index contributed by atoms with van der Waals surface area (Å²) in [6, 6.07) is 10.9. The minimum absolute atomic E-state index is 0.151. The average Bonchev–Trinajstić information content (AvgIpc) is 3.04. The Morgan fingerprint density at radius 3 is 2.56 bits per heavy atom. The number of nitrogens with one attached hydrogen (secondary N) is 1. The molecule has 1 heterocycles. The fourth-order valence-electron chi connectivity index (χ4n) is 2.68. The highest BCUT2D eigenvalue weighted by molar-refractivity contribution is 7.89. The van der Waals surface area contributed by atoms with Crippen LogP contribution >= 0.6 is 11.3 Å². The van der Waals surface area contributed by atoms with Crippen LogP contribution in [0.2, 0.25) is 0 Å². The van der Waals surface area contributed by atoms with Gasteiger partial charge in [-0.1, -0.05) is 12.1 Å². The molecule has 0 spiro atoms. The molecular weight excluding hydrogens is 382 g/mol. The summed E-state index contributed by atoms with van der Waals surface area (Å²) in [5.74, 6) is -0.326. The van der Waals surface area contributed by atoms with Crippen molar-refractivity contribution in [1.82, 2.24) is 14.6 Å². The maximum atomic E-state index is 12.6. The molecule has 8 heteroatoms. The number of carbonyl (C=O) groups excluding carboxylic acids is 1. The summed E-state index contributed by atoms with van der Waals surface area (Å²) in [7, 11) is -0.675. The van der Waals surface area contributed by atoms with Crippen molar-refractivity contribution in [2.24, 2.45) is 0 Å². The van der Waals surface area contributed by atoms with Gasteiger partial charge in [-0.2, -0.15) is 0 Å². The van der Waals surface area contributed by atoms with E-state index in [1.807, 2.05) is 24.3 Å². The lowest BCUT2D eigenvalue weighted by Gasteiger charge is -2.16. The van der Waals surface area contributed by atoms with E-state index in [-0.39, 0.29) is 10.8 Å². The normalized spacial score (nSPS) is 11.9. The van der Waals surface area contributed by atoms with Gasteiger partial charge in [-0.25, -0.2) is 17.7 Å². The van der Waals surface area contributed by atoms with E-state index in [2.05, 4.69) is 10.3 Å². The first-order valence-corrected chi connectivity index (χ1v) is 10.6. The van der Waals surface area contributed by atoms with Crippen LogP contribution in [-0.2, 0) is 16.6 Å². The second-order valence-corrected chi connectivity index (χ2v) is 9.70. The van der Waals surface area contributed by atoms with E-state index >= 15 is 0 Å². The number of carbonyl (C=O) groups is 1. The van der Waals surface area contributed by atoms with Crippen LogP contribution in [0.25, 0.3) is 10.2 Å². The number of para-hydroxylation sites is 1. The van der Waals surface area contributed by atoms with Gasteiger partial charge in [0.25, 0.3) is 5.91 Å². The highest BCUT2D eigenvalue weighted by atomic mass is 32.2. The Kier molecular flexibility index (Phi) is 5.32. The van der Waals surface area contributed by atoms with Crippen molar-refractivity contribution in [2.75, 3.05) is 14.1 Å². The molecule has 6 nitrogen and oxygen atoms in total. The molecule has 0 atom stereocenters. The molecule has 0 aliphatic heterocycles. The zero-order valence-electron chi connectivity index (χ0n) is 15.6. The fourth-order valence-corrected chi connectivity index (χ4v) is 4.80. The Morgan fingerprint density at radius 1 is 1.19 bits per heavy atom. The lowest BCUT2D eigenvalue weighted by Crippen LogP contribution is -2.26. The van der Waals surface area contributed by atoms with Crippen LogP contribution in [0.4, 0.5) is 0 Å². The monoisotopic (exact) mass is 403 g/mol. The lowest BCUT2D eigenvalue weighted by atomic mass is 10.1. The van der Waals surface area contributed by atoms with Gasteiger partial charge in [0.2, 0.25) is 10.0 Å². The van der Waals surface area contributed by atoms with Crippen molar-refractivity contribution >= 4 is 37.5 Å². The molecule has 0 radical (unpaired) electrons. The maximum absolute atomic E-state index is 12.6. The number of nitrogens with zero attached hydrogens (tertiary/aromatic N) is 2. The Balaban J connectivity index is 1.85. The lowest BCUT2D eigenvalue weighted by molar-refractivity contribution is 0.0950. The third kappa shape index (κ3) is 3.87. The van der Waals surface area contributed by atoms with Crippen LogP contribution < -0.4 is 5.32 Å². The molecule has 1 aromatic heterocycles. The highest BCUT2D eigenvalue weighted by Crippen LogP contribution is 2.24. The largest absolute Gasteiger partial charge is 0.346 e. The predicted molar refractivity (Wildman–Crippen MR) is 108 cm³/mol. The van der Waals surface area contributed by atoms with E-state index in [4.69, 9.17) is 0 Å². The van der Waals surface area contributed by atoms with Crippen molar-refractivity contribution in [3.63, 3.8) is 0 Å². The van der Waals surface area contributed by atoms with Crippen molar-refractivity contribution in [1.29, 1.82) is 0 Å². The second kappa shape index (κ2) is 7.38. The summed E-state index contributed by atoms with van der Waals surface area (Å²) in [4.78, 5) is 17.2. The molecule has 0 aliphatic rings. The Morgan fingerprint density at radius 2 is 1.89 bits per heavy atom. The third-order valence-corrected chi connectivity index (χ3v) is 7.36. The van der Waals surface area contributed by atoms with Crippen molar-refractivity contribution in [2.45, 2.75) is 25.3 Å². The van der Waals surface area contributed by atoms with Crippen LogP contribution in [0.5, 0.6) is 0 Å². The number of aryl methyl sites for hydroxylation is 1. The van der Waals surface area contributed by atoms with Gasteiger partial charge < -0.3 is 5.32 Å². The zero-order valence-corrected chi connectivity index (χ0v) is 17.2. The van der Waals surface area contributed by atoms with E-state index in [0.29, 0.717) is 17.7 Å². The van der Waals surface area contributed by atoms with Gasteiger partial charge in [-0.3, -0.25) is 4.79 Å². The number of fused-ring (bicyclic) bond motifs is 1. The number of sulfonamides is 1. The molecule has 0 aliphatic carbocycles. The molecule has 142 valence electrons. The highest BCUT2D eigenvalue weighted by Gasteiger charge is 2.23. The standard InChI is InChI=1S/C19H21N3O3S2/c1-12-9-14(10-17(13(12)2)27(24,25)22(3)4)19(23)20-11-18-21-15-7-5-6-8-16(15)26-18/h5-10H,11H2,1-4H3,(H,20,23). The summed E-state index contributed by atoms with van der Waals surface area (Å²) in [6.07, 6.45) is 0. The molecule has 2 aromatic carbocycles. The van der Waals surface area contributed by atoms with Crippen molar-refractivity contribution in [3.05, 3.63) is 58.1 Å². The summed E-state index contributed by atoms with van der Waals surface area (Å²) >= 11 is 1.52. The molecule has 0 unspecified atom stereocenters. The smallest absolute Gasteiger partial charge is 0.251 e. The number of benzene rings is 2. The third-order valence-electron chi connectivity index (χ3n) is 4.38. The molecular formula is C19H21N3O3S2. The van der Waals surface area contributed by atoms with Gasteiger partial charge in [0, 0.05) is 19.7 Å². The molecule has 1 N–H and O–H groups in total. The predicted octanol–water partition coefficient (Wildman–Crippen LogP) is 3.09. The van der Waals surface area contributed by atoms with Gasteiger partial charge in [0.05, 0.1) is 21.7 Å². The first-order valence-electron chi connectivity index (χ1n) is 8.36. The number of hydrogen-bond acceptors (Lipinski definition) is 5. The summed E-state index contributed by atoms with van der Waals surface area (Å²) in [5, 5.41) is 3.63. The topological polar surface area (TPSA) is 79.4 Å². The van der Waals surface area contributed by atoms with E-state index < -0.39 is 10.0 Å². The molecule has 0 fully saturated rings. The molecule has 3 rings (SSSR count). The summed E-state index contributed by atoms with van der Waals surface area (Å²) in [6.45, 7) is 3.84. The first-order chi connectivity index (χ1) is 12.7. The second-order valence-electron chi connectivity index (χ2n) is 6.46. The van der Waals surface area contributed by atoms with Crippen LogP contribution in [-0.4, -0.2) is 37.7 Å². The van der Waals surface area contributed by atoms with Crippen LogP contribution in [0, 0.1) is 13.8 Å². The van der Waals surface area contributed by atoms with Gasteiger partial charge in [-0.05, 0) is 49.2 Å². The summed E-state index contributed by atoms with van der Waals surface area (Å²) in [5.41, 5.74) is 2.62. The van der Waals surface area contributed by atoms with Gasteiger partial charge >= 0.3 is 0 Å². The van der Waals surface area contributed by atoms with Crippen LogP contribution in [0.1, 0.15) is 26.5 Å². The Bertz CT molecular complexity index is 1090.